The molecule has 0 bridgehead atoms. The van der Waals surface area contributed by atoms with Gasteiger partial charge in [0.1, 0.15) is 5.82 Å². The average Bonchev–Trinajstić information content (AvgIpc) is 2.94. The molecule has 1 atom stereocenters. The minimum Gasteiger partial charge on any atom is -0.316 e. The zero-order valence-electron chi connectivity index (χ0n) is 10.4. The van der Waals surface area contributed by atoms with Crippen molar-refractivity contribution in [2.75, 3.05) is 13.1 Å². The maximum atomic E-state index is 4.43. The Bertz CT molecular complexity index is 537. The first-order chi connectivity index (χ1) is 8.25. The first-order valence-electron chi connectivity index (χ1n) is 6.28. The third-order valence-electron chi connectivity index (χ3n) is 3.96. The summed E-state index contributed by atoms with van der Waals surface area (Å²) in [4.78, 5) is 0. The molecule has 1 saturated heterocycles. The zero-order valence-corrected chi connectivity index (χ0v) is 10.4. The molecule has 0 spiro atoms. The molecule has 1 N–H and O–H groups in total. The Labute approximate surface area is 101 Å². The normalized spacial score (nSPS) is 24.6. The van der Waals surface area contributed by atoms with Crippen molar-refractivity contribution >= 4 is 5.65 Å². The van der Waals surface area contributed by atoms with Crippen LogP contribution in [0.3, 0.4) is 0 Å². The van der Waals surface area contributed by atoms with Gasteiger partial charge in [-0.2, -0.15) is 0 Å². The fourth-order valence-electron chi connectivity index (χ4n) is 2.75. The summed E-state index contributed by atoms with van der Waals surface area (Å²) in [5.74, 6) is 1.11. The lowest BCUT2D eigenvalue weighted by molar-refractivity contribution is 0.421. The Balaban J connectivity index is 2.17. The van der Waals surface area contributed by atoms with E-state index in [1.807, 2.05) is 0 Å². The topological polar surface area (TPSA) is 42.2 Å². The fourth-order valence-corrected chi connectivity index (χ4v) is 2.75. The molecule has 1 unspecified atom stereocenters. The minimum absolute atomic E-state index is 0.161. The van der Waals surface area contributed by atoms with E-state index in [0.717, 1.165) is 37.4 Å². The Morgan fingerprint density at radius 1 is 1.47 bits per heavy atom. The number of nitrogens with one attached hydrogen (secondary N) is 1. The highest BCUT2D eigenvalue weighted by atomic mass is 15.3. The molecule has 2 aromatic rings. The van der Waals surface area contributed by atoms with Gasteiger partial charge >= 0.3 is 0 Å². The van der Waals surface area contributed by atoms with Crippen molar-refractivity contribution in [3.8, 4) is 0 Å². The predicted octanol–water partition coefficient (Wildman–Crippen LogP) is 1.68. The van der Waals surface area contributed by atoms with Crippen molar-refractivity contribution < 1.29 is 0 Å². The molecule has 1 aliphatic heterocycles. The Kier molecular flexibility index (Phi) is 2.40. The van der Waals surface area contributed by atoms with Crippen molar-refractivity contribution in [2.45, 2.75) is 32.1 Å². The number of pyridine rings is 1. The SMILES string of the molecule is CCC1(c2nnc3cc(C)ccn23)CCNC1. The van der Waals surface area contributed by atoms with Crippen LogP contribution < -0.4 is 5.32 Å². The first-order valence-corrected chi connectivity index (χ1v) is 6.28. The molecular weight excluding hydrogens is 212 g/mol. The second kappa shape index (κ2) is 3.81. The lowest BCUT2D eigenvalue weighted by atomic mass is 9.83. The van der Waals surface area contributed by atoms with Gasteiger partial charge in [-0.05, 0) is 44.0 Å². The standard InChI is InChI=1S/C13H18N4/c1-3-13(5-6-14-9-13)12-16-15-11-8-10(2)4-7-17(11)12/h4,7-8,14H,3,5-6,9H2,1-2H3. The van der Waals surface area contributed by atoms with Gasteiger partial charge in [0.25, 0.3) is 0 Å². The zero-order chi connectivity index (χ0) is 11.9. The minimum atomic E-state index is 0.161. The van der Waals surface area contributed by atoms with Gasteiger partial charge < -0.3 is 5.32 Å². The van der Waals surface area contributed by atoms with Crippen molar-refractivity contribution in [1.29, 1.82) is 0 Å². The number of hydrogen-bond acceptors (Lipinski definition) is 3. The van der Waals surface area contributed by atoms with E-state index in [4.69, 9.17) is 0 Å². The molecule has 0 saturated carbocycles. The van der Waals surface area contributed by atoms with Gasteiger partial charge in [-0.15, -0.1) is 10.2 Å². The molecule has 4 nitrogen and oxygen atoms in total. The smallest absolute Gasteiger partial charge is 0.161 e. The maximum Gasteiger partial charge on any atom is 0.161 e. The maximum absolute atomic E-state index is 4.43. The molecule has 0 aromatic carbocycles. The van der Waals surface area contributed by atoms with Crippen LogP contribution in [0.4, 0.5) is 0 Å². The van der Waals surface area contributed by atoms with Crippen LogP contribution >= 0.6 is 0 Å². The van der Waals surface area contributed by atoms with Crippen LogP contribution in [0.15, 0.2) is 18.3 Å². The number of fused-ring (bicyclic) bond motifs is 1. The Morgan fingerprint density at radius 3 is 3.06 bits per heavy atom. The van der Waals surface area contributed by atoms with Crippen LogP contribution in [-0.4, -0.2) is 27.7 Å². The molecule has 0 radical (unpaired) electrons. The number of aromatic nitrogens is 3. The molecule has 90 valence electrons. The van der Waals surface area contributed by atoms with Crippen LogP contribution in [0.2, 0.25) is 0 Å². The molecule has 2 aromatic heterocycles. The van der Waals surface area contributed by atoms with Crippen molar-refractivity contribution in [2.24, 2.45) is 0 Å². The van der Waals surface area contributed by atoms with Gasteiger partial charge in [0.2, 0.25) is 0 Å². The summed E-state index contributed by atoms with van der Waals surface area (Å²) in [6.45, 7) is 6.41. The highest BCUT2D eigenvalue weighted by Gasteiger charge is 2.37. The van der Waals surface area contributed by atoms with Crippen LogP contribution in [0, 0.1) is 6.92 Å². The van der Waals surface area contributed by atoms with Gasteiger partial charge in [0, 0.05) is 18.2 Å². The summed E-state index contributed by atoms with van der Waals surface area (Å²) in [5, 5.41) is 12.2. The fraction of sp³-hybridized carbons (Fsp3) is 0.538. The van der Waals surface area contributed by atoms with E-state index in [0.29, 0.717) is 0 Å². The molecule has 3 heterocycles. The average molecular weight is 230 g/mol. The lowest BCUT2D eigenvalue weighted by Crippen LogP contribution is -2.30. The van der Waals surface area contributed by atoms with E-state index in [9.17, 15) is 0 Å². The van der Waals surface area contributed by atoms with E-state index in [1.165, 1.54) is 5.56 Å². The second-order valence-corrected chi connectivity index (χ2v) is 5.02. The third kappa shape index (κ3) is 1.55. The number of nitrogens with zero attached hydrogens (tertiary/aromatic N) is 3. The molecule has 0 aliphatic carbocycles. The van der Waals surface area contributed by atoms with Gasteiger partial charge in [-0.1, -0.05) is 6.92 Å². The number of rotatable bonds is 2. The van der Waals surface area contributed by atoms with Crippen molar-refractivity contribution in [3.63, 3.8) is 0 Å². The van der Waals surface area contributed by atoms with E-state index in [1.54, 1.807) is 0 Å². The largest absolute Gasteiger partial charge is 0.316 e. The molecule has 1 aliphatic rings. The summed E-state index contributed by atoms with van der Waals surface area (Å²) in [5.41, 5.74) is 2.35. The first kappa shape index (κ1) is 10.7. The number of hydrogen-bond donors (Lipinski definition) is 1. The van der Waals surface area contributed by atoms with Crippen molar-refractivity contribution in [1.82, 2.24) is 19.9 Å². The summed E-state index contributed by atoms with van der Waals surface area (Å²) in [6.07, 6.45) is 4.35. The number of aryl methyl sites for hydroxylation is 1. The van der Waals surface area contributed by atoms with Crippen LogP contribution in [0.1, 0.15) is 31.2 Å². The monoisotopic (exact) mass is 230 g/mol. The van der Waals surface area contributed by atoms with E-state index in [-0.39, 0.29) is 5.41 Å². The summed E-state index contributed by atoms with van der Waals surface area (Å²) in [6, 6.07) is 4.20. The van der Waals surface area contributed by atoms with Crippen molar-refractivity contribution in [3.05, 3.63) is 29.7 Å². The van der Waals surface area contributed by atoms with E-state index in [2.05, 4.69) is 52.1 Å². The second-order valence-electron chi connectivity index (χ2n) is 5.02. The van der Waals surface area contributed by atoms with Gasteiger partial charge in [0.05, 0.1) is 0 Å². The molecule has 1 fully saturated rings. The summed E-state index contributed by atoms with van der Waals surface area (Å²) < 4.78 is 2.14. The summed E-state index contributed by atoms with van der Waals surface area (Å²) in [7, 11) is 0. The van der Waals surface area contributed by atoms with Gasteiger partial charge in [-0.25, -0.2) is 0 Å². The molecular formula is C13H18N4. The molecule has 17 heavy (non-hydrogen) atoms. The lowest BCUT2D eigenvalue weighted by Gasteiger charge is -2.24. The summed E-state index contributed by atoms with van der Waals surface area (Å²) >= 11 is 0. The van der Waals surface area contributed by atoms with E-state index >= 15 is 0 Å². The third-order valence-corrected chi connectivity index (χ3v) is 3.96. The van der Waals surface area contributed by atoms with Crippen LogP contribution in [-0.2, 0) is 5.41 Å². The molecule has 0 amide bonds. The predicted molar refractivity (Wildman–Crippen MR) is 67.2 cm³/mol. The molecule has 3 rings (SSSR count). The van der Waals surface area contributed by atoms with E-state index < -0.39 is 0 Å². The van der Waals surface area contributed by atoms with Crippen LogP contribution in [0.5, 0.6) is 0 Å². The Morgan fingerprint density at radius 2 is 2.35 bits per heavy atom. The highest BCUT2D eigenvalue weighted by molar-refractivity contribution is 5.42. The van der Waals surface area contributed by atoms with Gasteiger partial charge in [0.15, 0.2) is 5.65 Å². The quantitative estimate of drug-likeness (QED) is 0.853. The molecule has 4 heteroatoms. The Hall–Kier alpha value is -1.42. The van der Waals surface area contributed by atoms with Gasteiger partial charge in [-0.3, -0.25) is 4.40 Å². The van der Waals surface area contributed by atoms with Crippen LogP contribution in [0.25, 0.3) is 5.65 Å². The highest BCUT2D eigenvalue weighted by Crippen LogP contribution is 2.32.